The number of rotatable bonds is 10. The number of unbranched alkanes of at least 4 members (excludes halogenated alkanes) is 5. The average molecular weight is 291 g/mol. The lowest BCUT2D eigenvalue weighted by Crippen LogP contribution is -2.29. The van der Waals surface area contributed by atoms with Gasteiger partial charge in [-0.15, -0.1) is 0 Å². The van der Waals surface area contributed by atoms with E-state index >= 15 is 0 Å². The molecule has 0 spiro atoms. The number of alkyl carbamates (subject to hydrolysis) is 1. The molecule has 3 nitrogen and oxygen atoms in total. The predicted octanol–water partition coefficient (Wildman–Crippen LogP) is 5.22. The average Bonchev–Trinajstić information content (AvgIpc) is 2.52. The second-order valence-electron chi connectivity index (χ2n) is 5.42. The van der Waals surface area contributed by atoms with E-state index in [4.69, 9.17) is 4.74 Å². The minimum absolute atomic E-state index is 0.0308. The van der Waals surface area contributed by atoms with Gasteiger partial charge >= 0.3 is 6.09 Å². The molecule has 3 heteroatoms. The van der Waals surface area contributed by atoms with Crippen molar-refractivity contribution in [3.8, 4) is 0 Å². The van der Waals surface area contributed by atoms with Crippen LogP contribution < -0.4 is 5.32 Å². The summed E-state index contributed by atoms with van der Waals surface area (Å²) in [5.41, 5.74) is 1.12. The number of ether oxygens (including phenoxy) is 1. The van der Waals surface area contributed by atoms with Crippen molar-refractivity contribution in [3.05, 3.63) is 35.9 Å². The maximum Gasteiger partial charge on any atom is 0.407 e. The fraction of sp³-hybridized carbons (Fsp3) is 0.611. The van der Waals surface area contributed by atoms with Gasteiger partial charge in [0.05, 0.1) is 12.6 Å². The molecule has 0 bridgehead atoms. The molecular weight excluding hydrogens is 262 g/mol. The van der Waals surface area contributed by atoms with Crippen molar-refractivity contribution in [1.82, 2.24) is 5.32 Å². The summed E-state index contributed by atoms with van der Waals surface area (Å²) in [6, 6.07) is 10.0. The second-order valence-corrected chi connectivity index (χ2v) is 5.42. The molecule has 0 radical (unpaired) electrons. The van der Waals surface area contributed by atoms with E-state index in [1.807, 2.05) is 30.3 Å². The fourth-order valence-corrected chi connectivity index (χ4v) is 2.34. The summed E-state index contributed by atoms with van der Waals surface area (Å²) >= 11 is 0. The first-order valence-electron chi connectivity index (χ1n) is 8.26. The first-order chi connectivity index (χ1) is 10.3. The standard InChI is InChI=1S/C18H29NO2/c1-3-5-6-7-8-12-15-21-18(20)19-17(4-2)16-13-10-9-11-14-16/h9-11,13-14,17H,3-8,12,15H2,1-2H3,(H,19,20). The van der Waals surface area contributed by atoms with Crippen molar-refractivity contribution in [2.45, 2.75) is 64.8 Å². The lowest BCUT2D eigenvalue weighted by Gasteiger charge is -2.17. The van der Waals surface area contributed by atoms with E-state index in [0.29, 0.717) is 6.61 Å². The SMILES string of the molecule is CCCCCCCCOC(=O)NC(CC)c1ccccc1. The van der Waals surface area contributed by atoms with Gasteiger partial charge < -0.3 is 10.1 Å². The van der Waals surface area contributed by atoms with Gasteiger partial charge in [0.2, 0.25) is 0 Å². The summed E-state index contributed by atoms with van der Waals surface area (Å²) in [5.74, 6) is 0. The third-order valence-corrected chi connectivity index (χ3v) is 3.63. The quantitative estimate of drug-likeness (QED) is 0.600. The van der Waals surface area contributed by atoms with Crippen LogP contribution in [0.1, 0.15) is 70.4 Å². The van der Waals surface area contributed by atoms with Crippen LogP contribution in [0.25, 0.3) is 0 Å². The monoisotopic (exact) mass is 291 g/mol. The molecule has 0 heterocycles. The highest BCUT2D eigenvalue weighted by Gasteiger charge is 2.12. The van der Waals surface area contributed by atoms with Gasteiger partial charge in [0.15, 0.2) is 0 Å². The van der Waals surface area contributed by atoms with Crippen LogP contribution in [0, 0.1) is 0 Å². The van der Waals surface area contributed by atoms with Crippen LogP contribution in [-0.2, 0) is 4.74 Å². The topological polar surface area (TPSA) is 38.3 Å². The Morgan fingerprint density at radius 2 is 1.71 bits per heavy atom. The lowest BCUT2D eigenvalue weighted by molar-refractivity contribution is 0.139. The molecule has 1 rings (SSSR count). The summed E-state index contributed by atoms with van der Waals surface area (Å²) in [5, 5.41) is 2.93. The summed E-state index contributed by atoms with van der Waals surface area (Å²) in [4.78, 5) is 11.8. The zero-order chi connectivity index (χ0) is 15.3. The van der Waals surface area contributed by atoms with Crippen molar-refractivity contribution in [1.29, 1.82) is 0 Å². The Morgan fingerprint density at radius 1 is 1.05 bits per heavy atom. The molecule has 1 unspecified atom stereocenters. The number of carbonyl (C=O) groups excluding carboxylic acids is 1. The van der Waals surface area contributed by atoms with Gasteiger partial charge in [-0.3, -0.25) is 0 Å². The highest BCUT2D eigenvalue weighted by atomic mass is 16.5. The lowest BCUT2D eigenvalue weighted by atomic mass is 10.1. The van der Waals surface area contributed by atoms with Gasteiger partial charge in [-0.05, 0) is 18.4 Å². The van der Waals surface area contributed by atoms with Gasteiger partial charge in [0.1, 0.15) is 0 Å². The third-order valence-electron chi connectivity index (χ3n) is 3.63. The minimum Gasteiger partial charge on any atom is -0.450 e. The molecule has 0 aromatic heterocycles. The first-order valence-corrected chi connectivity index (χ1v) is 8.26. The molecule has 0 saturated heterocycles. The van der Waals surface area contributed by atoms with E-state index in [0.717, 1.165) is 24.8 Å². The summed E-state index contributed by atoms with van der Waals surface area (Å²) in [6.07, 6.45) is 7.74. The first kappa shape index (κ1) is 17.5. The number of hydrogen-bond donors (Lipinski definition) is 1. The number of amides is 1. The number of hydrogen-bond acceptors (Lipinski definition) is 2. The largest absolute Gasteiger partial charge is 0.450 e. The Balaban J connectivity index is 2.17. The van der Waals surface area contributed by atoms with Crippen LogP contribution in [0.15, 0.2) is 30.3 Å². The van der Waals surface area contributed by atoms with E-state index in [-0.39, 0.29) is 12.1 Å². The van der Waals surface area contributed by atoms with Gasteiger partial charge in [-0.25, -0.2) is 4.79 Å². The van der Waals surface area contributed by atoms with E-state index in [9.17, 15) is 4.79 Å². The highest BCUT2D eigenvalue weighted by molar-refractivity contribution is 5.67. The van der Waals surface area contributed by atoms with Crippen molar-refractivity contribution in [3.63, 3.8) is 0 Å². The smallest absolute Gasteiger partial charge is 0.407 e. The highest BCUT2D eigenvalue weighted by Crippen LogP contribution is 2.16. The van der Waals surface area contributed by atoms with Gasteiger partial charge in [0, 0.05) is 0 Å². The third kappa shape index (κ3) is 7.74. The van der Waals surface area contributed by atoms with Crippen LogP contribution in [-0.4, -0.2) is 12.7 Å². The molecule has 1 N–H and O–H groups in total. The molecule has 1 aromatic rings. The zero-order valence-corrected chi connectivity index (χ0v) is 13.4. The molecule has 1 atom stereocenters. The Hall–Kier alpha value is -1.51. The van der Waals surface area contributed by atoms with Crippen molar-refractivity contribution >= 4 is 6.09 Å². The molecule has 0 aliphatic carbocycles. The maximum absolute atomic E-state index is 11.8. The van der Waals surface area contributed by atoms with Crippen molar-refractivity contribution in [2.75, 3.05) is 6.61 Å². The normalized spacial score (nSPS) is 11.9. The molecule has 0 aliphatic rings. The molecule has 1 amide bonds. The Morgan fingerprint density at radius 3 is 2.38 bits per heavy atom. The zero-order valence-electron chi connectivity index (χ0n) is 13.4. The fourth-order valence-electron chi connectivity index (χ4n) is 2.34. The van der Waals surface area contributed by atoms with E-state index in [1.54, 1.807) is 0 Å². The minimum atomic E-state index is -0.306. The van der Waals surface area contributed by atoms with Gasteiger partial charge in [-0.2, -0.15) is 0 Å². The number of carbonyl (C=O) groups is 1. The van der Waals surface area contributed by atoms with Crippen LogP contribution in [0.3, 0.4) is 0 Å². The van der Waals surface area contributed by atoms with E-state index in [1.165, 1.54) is 25.7 Å². The van der Waals surface area contributed by atoms with Crippen molar-refractivity contribution in [2.24, 2.45) is 0 Å². The molecule has 0 fully saturated rings. The van der Waals surface area contributed by atoms with Crippen LogP contribution in [0.4, 0.5) is 4.79 Å². The summed E-state index contributed by atoms with van der Waals surface area (Å²) < 4.78 is 5.25. The molecule has 118 valence electrons. The Labute approximate surface area is 129 Å². The second kappa shape index (κ2) is 11.2. The van der Waals surface area contributed by atoms with Crippen molar-refractivity contribution < 1.29 is 9.53 Å². The van der Waals surface area contributed by atoms with Crippen LogP contribution in [0.2, 0.25) is 0 Å². The molecular formula is C18H29NO2. The number of benzene rings is 1. The Bertz CT molecular complexity index is 378. The Kier molecular flexibility index (Phi) is 9.34. The van der Waals surface area contributed by atoms with Crippen LogP contribution >= 0.6 is 0 Å². The molecule has 1 aromatic carbocycles. The molecule has 0 saturated carbocycles. The van der Waals surface area contributed by atoms with Gasteiger partial charge in [0.25, 0.3) is 0 Å². The summed E-state index contributed by atoms with van der Waals surface area (Å²) in [7, 11) is 0. The number of nitrogens with one attached hydrogen (secondary N) is 1. The van der Waals surface area contributed by atoms with E-state index in [2.05, 4.69) is 19.2 Å². The molecule has 21 heavy (non-hydrogen) atoms. The van der Waals surface area contributed by atoms with Gasteiger partial charge in [-0.1, -0.05) is 76.3 Å². The van der Waals surface area contributed by atoms with Crippen LogP contribution in [0.5, 0.6) is 0 Å². The molecule has 0 aliphatic heterocycles. The van der Waals surface area contributed by atoms with E-state index < -0.39 is 0 Å². The predicted molar refractivity (Wildman–Crippen MR) is 87.3 cm³/mol. The maximum atomic E-state index is 11.8. The summed E-state index contributed by atoms with van der Waals surface area (Å²) in [6.45, 7) is 4.79.